The number of unbranched alkanes of at least 4 members (excludes halogenated alkanes) is 16. The number of ether oxygens (including phenoxy) is 1. The van der Waals surface area contributed by atoms with Gasteiger partial charge in [-0.1, -0.05) is 103 Å². The van der Waals surface area contributed by atoms with Crippen LogP contribution in [0.1, 0.15) is 136 Å². The first-order valence-electron chi connectivity index (χ1n) is 15.1. The molecule has 2 atom stereocenters. The molecule has 2 unspecified atom stereocenters. The van der Waals surface area contributed by atoms with E-state index in [0.717, 1.165) is 32.4 Å². The largest absolute Gasteiger partial charge is 0.381 e. The van der Waals surface area contributed by atoms with Crippen LogP contribution in [0.15, 0.2) is 0 Å². The Balaban J connectivity index is 3.54. The summed E-state index contributed by atoms with van der Waals surface area (Å²) in [5, 5.41) is 3.08. The van der Waals surface area contributed by atoms with Crippen LogP contribution in [-0.4, -0.2) is 50.7 Å². The Kier molecular flexibility index (Phi) is 29.4. The van der Waals surface area contributed by atoms with Crippen molar-refractivity contribution in [3.8, 4) is 0 Å². The molecule has 0 bridgehead atoms. The van der Waals surface area contributed by atoms with Gasteiger partial charge in [0.05, 0.1) is 19.8 Å². The molecule has 2 N–H and O–H groups in total. The second kappa shape index (κ2) is 29.5. The molecule has 0 aliphatic heterocycles. The van der Waals surface area contributed by atoms with E-state index in [2.05, 4.69) is 12.2 Å². The van der Waals surface area contributed by atoms with E-state index in [0.29, 0.717) is 19.6 Å². The predicted molar refractivity (Wildman–Crippen MR) is 153 cm³/mol. The summed E-state index contributed by atoms with van der Waals surface area (Å²) in [6.45, 7) is 6.79. The van der Waals surface area contributed by atoms with Gasteiger partial charge in [-0.3, -0.25) is 0 Å². The Morgan fingerprint density at radius 1 is 0.722 bits per heavy atom. The number of carbonyl (C=O) groups excluding carboxylic acids is 1. The highest BCUT2D eigenvalue weighted by atomic mass is 31.2. The standard InChI is InChI=1S/C29H60NO5P/c1-4-5-6-7-8-9-10-11-12-13-14-15-16-17-18-20-23-33-26-29(25-28(2)31)27-35-36(32)34-24-21-19-22-30-3/h29-30,32H,4-27H2,1-3H3. The minimum Gasteiger partial charge on any atom is -0.381 e. The lowest BCUT2D eigenvalue weighted by Gasteiger charge is -2.18. The molecule has 0 heterocycles. The molecule has 36 heavy (non-hydrogen) atoms. The van der Waals surface area contributed by atoms with E-state index in [-0.39, 0.29) is 18.3 Å². The van der Waals surface area contributed by atoms with Crippen molar-refractivity contribution < 1.29 is 23.5 Å². The predicted octanol–water partition coefficient (Wildman–Crippen LogP) is 8.11. The van der Waals surface area contributed by atoms with E-state index in [1.54, 1.807) is 6.92 Å². The smallest absolute Gasteiger partial charge is 0.329 e. The summed E-state index contributed by atoms with van der Waals surface area (Å²) in [4.78, 5) is 21.5. The maximum Gasteiger partial charge on any atom is 0.329 e. The van der Waals surface area contributed by atoms with Gasteiger partial charge in [0.15, 0.2) is 0 Å². The zero-order chi connectivity index (χ0) is 26.5. The Labute approximate surface area is 225 Å². The highest BCUT2D eigenvalue weighted by Crippen LogP contribution is 2.34. The fourth-order valence-electron chi connectivity index (χ4n) is 4.33. The lowest BCUT2D eigenvalue weighted by Crippen LogP contribution is -2.19. The normalized spacial score (nSPS) is 13.2. The zero-order valence-electron chi connectivity index (χ0n) is 24.1. The van der Waals surface area contributed by atoms with E-state index in [4.69, 9.17) is 13.8 Å². The molecular weight excluding hydrogens is 473 g/mol. The third-order valence-corrected chi connectivity index (χ3v) is 7.29. The Morgan fingerprint density at radius 3 is 1.72 bits per heavy atom. The summed E-state index contributed by atoms with van der Waals surface area (Å²) in [5.41, 5.74) is 0. The van der Waals surface area contributed by atoms with Gasteiger partial charge < -0.3 is 28.8 Å². The quantitative estimate of drug-likeness (QED) is 0.0717. The topological polar surface area (TPSA) is 77.0 Å². The van der Waals surface area contributed by atoms with Crippen molar-refractivity contribution in [3.63, 3.8) is 0 Å². The monoisotopic (exact) mass is 533 g/mol. The lowest BCUT2D eigenvalue weighted by atomic mass is 10.0. The van der Waals surface area contributed by atoms with E-state index >= 15 is 0 Å². The highest BCUT2D eigenvalue weighted by Gasteiger charge is 2.16. The molecule has 6 nitrogen and oxygen atoms in total. The van der Waals surface area contributed by atoms with Gasteiger partial charge in [-0.05, 0) is 39.8 Å². The van der Waals surface area contributed by atoms with Crippen molar-refractivity contribution in [3.05, 3.63) is 0 Å². The summed E-state index contributed by atoms with van der Waals surface area (Å²) in [7, 11) is 0.0304. The van der Waals surface area contributed by atoms with Crippen molar-refractivity contribution in [2.24, 2.45) is 5.92 Å². The second-order valence-corrected chi connectivity index (χ2v) is 11.3. The third kappa shape index (κ3) is 28.5. The number of ketones is 1. The molecule has 7 heteroatoms. The SMILES string of the molecule is CCCCCCCCCCCCCCCCCCOCC(COP(O)OCCCCNC)CC(C)=O. The van der Waals surface area contributed by atoms with Gasteiger partial charge in [0.2, 0.25) is 0 Å². The summed E-state index contributed by atoms with van der Waals surface area (Å²) in [6, 6.07) is 0. The molecule has 0 saturated heterocycles. The molecule has 216 valence electrons. The third-order valence-electron chi connectivity index (χ3n) is 6.52. The fourth-order valence-corrected chi connectivity index (χ4v) is 5.03. The summed E-state index contributed by atoms with van der Waals surface area (Å²) < 4.78 is 16.6. The van der Waals surface area contributed by atoms with Crippen LogP contribution in [0, 0.1) is 5.92 Å². The molecule has 0 fully saturated rings. The molecule has 0 rings (SSSR count). The minimum atomic E-state index is -1.89. The van der Waals surface area contributed by atoms with Crippen LogP contribution in [0.4, 0.5) is 0 Å². The minimum absolute atomic E-state index is 0.0337. The number of rotatable bonds is 30. The van der Waals surface area contributed by atoms with Gasteiger partial charge in [0.25, 0.3) is 0 Å². The zero-order valence-corrected chi connectivity index (χ0v) is 25.0. The van der Waals surface area contributed by atoms with Crippen molar-refractivity contribution in [1.29, 1.82) is 0 Å². The molecule has 0 aliphatic rings. The molecule has 0 saturated carbocycles. The Hall–Kier alpha value is -0.100. The fraction of sp³-hybridized carbons (Fsp3) is 0.966. The first-order chi connectivity index (χ1) is 17.6. The molecule has 0 spiro atoms. The van der Waals surface area contributed by atoms with E-state index in [1.165, 1.54) is 96.3 Å². The molecule has 0 amide bonds. The van der Waals surface area contributed by atoms with Crippen LogP contribution in [0.25, 0.3) is 0 Å². The van der Waals surface area contributed by atoms with E-state index < -0.39 is 8.60 Å². The second-order valence-electron chi connectivity index (χ2n) is 10.3. The van der Waals surface area contributed by atoms with Gasteiger partial charge in [-0.15, -0.1) is 0 Å². The van der Waals surface area contributed by atoms with Crippen molar-refractivity contribution in [2.45, 2.75) is 136 Å². The van der Waals surface area contributed by atoms with Crippen LogP contribution >= 0.6 is 8.60 Å². The van der Waals surface area contributed by atoms with E-state index in [1.807, 2.05) is 7.05 Å². The van der Waals surface area contributed by atoms with E-state index in [9.17, 15) is 9.69 Å². The maximum atomic E-state index is 11.6. The van der Waals surface area contributed by atoms with Gasteiger partial charge in [-0.25, -0.2) is 0 Å². The van der Waals surface area contributed by atoms with Crippen LogP contribution < -0.4 is 5.32 Å². The summed E-state index contributed by atoms with van der Waals surface area (Å²) in [6.07, 6.45) is 24.0. The number of Topliss-reactive ketones (excluding diaryl/α,β-unsaturated/α-hetero) is 1. The number of carbonyl (C=O) groups is 1. The highest BCUT2D eigenvalue weighted by molar-refractivity contribution is 7.40. The van der Waals surface area contributed by atoms with Crippen molar-refractivity contribution in [2.75, 3.05) is 40.0 Å². The average Bonchev–Trinajstić information content (AvgIpc) is 2.86. The molecule has 0 aromatic carbocycles. The molecule has 0 aromatic heterocycles. The van der Waals surface area contributed by atoms with Crippen LogP contribution in [0.5, 0.6) is 0 Å². The summed E-state index contributed by atoms with van der Waals surface area (Å²) >= 11 is 0. The average molecular weight is 534 g/mol. The molecular formula is C29H60NO5P. The number of nitrogens with one attached hydrogen (secondary N) is 1. The van der Waals surface area contributed by atoms with Gasteiger partial charge in [-0.2, -0.15) is 0 Å². The van der Waals surface area contributed by atoms with Crippen molar-refractivity contribution in [1.82, 2.24) is 5.32 Å². The summed E-state index contributed by atoms with van der Waals surface area (Å²) in [5.74, 6) is 0.0819. The molecule has 0 aliphatic carbocycles. The van der Waals surface area contributed by atoms with Crippen LogP contribution in [-0.2, 0) is 18.6 Å². The number of hydrogen-bond acceptors (Lipinski definition) is 6. The lowest BCUT2D eigenvalue weighted by molar-refractivity contribution is -0.118. The first-order valence-corrected chi connectivity index (χ1v) is 16.2. The van der Waals surface area contributed by atoms with Crippen molar-refractivity contribution >= 4 is 14.4 Å². The van der Waals surface area contributed by atoms with Gasteiger partial charge in [0, 0.05) is 18.9 Å². The van der Waals surface area contributed by atoms with Crippen LogP contribution in [0.2, 0.25) is 0 Å². The Bertz CT molecular complexity index is 455. The number of hydrogen-bond donors (Lipinski definition) is 2. The Morgan fingerprint density at radius 2 is 1.22 bits per heavy atom. The maximum absolute atomic E-state index is 11.6. The van der Waals surface area contributed by atoms with Gasteiger partial charge in [0.1, 0.15) is 5.78 Å². The van der Waals surface area contributed by atoms with Crippen LogP contribution in [0.3, 0.4) is 0 Å². The molecule has 0 radical (unpaired) electrons. The molecule has 0 aromatic rings. The van der Waals surface area contributed by atoms with Gasteiger partial charge >= 0.3 is 8.60 Å². The first kappa shape index (κ1) is 35.9.